The molecule has 0 aromatic carbocycles. The van der Waals surface area contributed by atoms with Crippen LogP contribution in [-0.4, -0.2) is 22.8 Å². The molecule has 22 heavy (non-hydrogen) atoms. The molecule has 0 unspecified atom stereocenters. The topological polar surface area (TPSA) is 54.4 Å². The maximum Gasteiger partial charge on any atom is 0.137 e. The molecule has 0 radical (unpaired) electrons. The number of rotatable bonds is 0. The number of Topliss-reactive ketones (excluding diaryl/α,β-unsaturated/α-hetero) is 2. The minimum atomic E-state index is -0.388. The molecular weight excluding hydrogens is 276 g/mol. The second-order valence-electron chi connectivity index (χ2n) is 9.10. The Balaban J connectivity index is 1.75. The van der Waals surface area contributed by atoms with Crippen molar-refractivity contribution in [2.75, 3.05) is 0 Å². The zero-order chi connectivity index (χ0) is 15.7. The van der Waals surface area contributed by atoms with E-state index in [1.165, 1.54) is 12.8 Å². The molecule has 0 bridgehead atoms. The van der Waals surface area contributed by atoms with Crippen molar-refractivity contribution in [3.05, 3.63) is 0 Å². The summed E-state index contributed by atoms with van der Waals surface area (Å²) in [6.45, 7) is 4.51. The Morgan fingerprint density at radius 2 is 1.95 bits per heavy atom. The van der Waals surface area contributed by atoms with Gasteiger partial charge in [0.1, 0.15) is 11.6 Å². The summed E-state index contributed by atoms with van der Waals surface area (Å²) in [4.78, 5) is 24.9. The van der Waals surface area contributed by atoms with E-state index in [4.69, 9.17) is 0 Å². The Labute approximate surface area is 132 Å². The molecule has 7 atom stereocenters. The van der Waals surface area contributed by atoms with Crippen LogP contribution < -0.4 is 0 Å². The number of aliphatic hydroxyl groups is 1. The van der Waals surface area contributed by atoms with E-state index in [-0.39, 0.29) is 34.7 Å². The van der Waals surface area contributed by atoms with Crippen LogP contribution in [0.5, 0.6) is 0 Å². The van der Waals surface area contributed by atoms with Crippen molar-refractivity contribution in [1.29, 1.82) is 0 Å². The molecule has 3 heteroatoms. The fourth-order valence-electron chi connectivity index (χ4n) is 6.82. The van der Waals surface area contributed by atoms with Gasteiger partial charge in [-0.1, -0.05) is 20.3 Å². The molecule has 0 amide bonds. The third kappa shape index (κ3) is 1.84. The summed E-state index contributed by atoms with van der Waals surface area (Å²) >= 11 is 0. The summed E-state index contributed by atoms with van der Waals surface area (Å²) in [7, 11) is 0. The summed E-state index contributed by atoms with van der Waals surface area (Å²) in [5, 5.41) is 10.9. The second-order valence-corrected chi connectivity index (χ2v) is 9.10. The highest BCUT2D eigenvalue weighted by molar-refractivity contribution is 5.85. The number of hydrogen-bond acceptors (Lipinski definition) is 3. The predicted octanol–water partition coefficient (Wildman–Crippen LogP) is 3.14. The SMILES string of the molecule is C[C@@]12CCC[C@H]1[C@@H]1[C@H](O)C[C@H]3CC(=O)CC[C@]3(C)[C@H]1C(=O)C2. The Morgan fingerprint density at radius 3 is 2.73 bits per heavy atom. The minimum absolute atomic E-state index is 0.00877. The van der Waals surface area contributed by atoms with E-state index in [1.807, 2.05) is 0 Å². The predicted molar refractivity (Wildman–Crippen MR) is 83.1 cm³/mol. The summed E-state index contributed by atoms with van der Waals surface area (Å²) in [5.41, 5.74) is 0.0612. The lowest BCUT2D eigenvalue weighted by Gasteiger charge is -2.60. The molecule has 1 N–H and O–H groups in total. The molecule has 0 aliphatic heterocycles. The van der Waals surface area contributed by atoms with E-state index in [2.05, 4.69) is 13.8 Å². The highest BCUT2D eigenvalue weighted by Crippen LogP contribution is 2.64. The van der Waals surface area contributed by atoms with E-state index in [0.29, 0.717) is 36.7 Å². The van der Waals surface area contributed by atoms with Gasteiger partial charge in [0.05, 0.1) is 6.10 Å². The summed E-state index contributed by atoms with van der Waals surface area (Å²) in [6, 6.07) is 0. The first-order valence-corrected chi connectivity index (χ1v) is 9.08. The van der Waals surface area contributed by atoms with Gasteiger partial charge in [0.15, 0.2) is 0 Å². The zero-order valence-corrected chi connectivity index (χ0v) is 13.8. The van der Waals surface area contributed by atoms with Gasteiger partial charge in [0.25, 0.3) is 0 Å². The van der Waals surface area contributed by atoms with Crippen LogP contribution in [0, 0.1) is 34.5 Å². The monoisotopic (exact) mass is 304 g/mol. The molecule has 0 heterocycles. The van der Waals surface area contributed by atoms with Crippen LogP contribution in [0.2, 0.25) is 0 Å². The van der Waals surface area contributed by atoms with Gasteiger partial charge >= 0.3 is 0 Å². The number of hydrogen-bond donors (Lipinski definition) is 1. The van der Waals surface area contributed by atoms with Crippen molar-refractivity contribution in [1.82, 2.24) is 0 Å². The Bertz CT molecular complexity index is 527. The quantitative estimate of drug-likeness (QED) is 0.748. The van der Waals surface area contributed by atoms with Crippen LogP contribution in [0.25, 0.3) is 0 Å². The van der Waals surface area contributed by atoms with E-state index < -0.39 is 0 Å². The van der Waals surface area contributed by atoms with Crippen molar-refractivity contribution in [2.45, 2.75) is 71.3 Å². The molecule has 0 saturated heterocycles. The molecule has 4 fully saturated rings. The number of carbonyl (C=O) groups is 2. The number of ketones is 2. The van der Waals surface area contributed by atoms with Crippen molar-refractivity contribution in [2.24, 2.45) is 34.5 Å². The standard InChI is InChI=1S/C19H28O3/c1-18-6-3-4-13(18)16-14(21)9-11-8-12(20)5-7-19(11,2)17(16)15(22)10-18/h11,13-14,16-17,21H,3-10H2,1-2H3/t11-,13+,14-,16-,17+,18+,19+/m1/s1. The molecule has 3 nitrogen and oxygen atoms in total. The zero-order valence-electron chi connectivity index (χ0n) is 13.8. The summed E-state index contributed by atoms with van der Waals surface area (Å²) < 4.78 is 0. The highest BCUT2D eigenvalue weighted by Gasteiger charge is 2.63. The summed E-state index contributed by atoms with van der Waals surface area (Å²) in [5.74, 6) is 1.54. The average molecular weight is 304 g/mol. The van der Waals surface area contributed by atoms with Crippen molar-refractivity contribution >= 4 is 11.6 Å². The average Bonchev–Trinajstić information content (AvgIpc) is 2.81. The van der Waals surface area contributed by atoms with Gasteiger partial charge in [-0.05, 0) is 54.3 Å². The van der Waals surface area contributed by atoms with Gasteiger partial charge in [-0.3, -0.25) is 9.59 Å². The largest absolute Gasteiger partial charge is 0.393 e. The minimum Gasteiger partial charge on any atom is -0.393 e. The second kappa shape index (κ2) is 4.66. The van der Waals surface area contributed by atoms with E-state index in [0.717, 1.165) is 19.3 Å². The lowest BCUT2D eigenvalue weighted by atomic mass is 9.44. The van der Waals surface area contributed by atoms with Gasteiger partial charge < -0.3 is 5.11 Å². The van der Waals surface area contributed by atoms with Crippen LogP contribution in [0.15, 0.2) is 0 Å². The van der Waals surface area contributed by atoms with Gasteiger partial charge in [0.2, 0.25) is 0 Å². The molecule has 4 aliphatic rings. The van der Waals surface area contributed by atoms with E-state index in [9.17, 15) is 14.7 Å². The van der Waals surface area contributed by atoms with Crippen LogP contribution in [0.4, 0.5) is 0 Å². The molecule has 0 aromatic heterocycles. The van der Waals surface area contributed by atoms with Gasteiger partial charge in [-0.25, -0.2) is 0 Å². The smallest absolute Gasteiger partial charge is 0.137 e. The molecular formula is C19H28O3. The van der Waals surface area contributed by atoms with Crippen molar-refractivity contribution in [3.8, 4) is 0 Å². The van der Waals surface area contributed by atoms with Crippen LogP contribution in [-0.2, 0) is 9.59 Å². The van der Waals surface area contributed by atoms with Crippen molar-refractivity contribution < 1.29 is 14.7 Å². The van der Waals surface area contributed by atoms with Crippen LogP contribution >= 0.6 is 0 Å². The van der Waals surface area contributed by atoms with E-state index in [1.54, 1.807) is 0 Å². The maximum atomic E-state index is 13.1. The molecule has 0 spiro atoms. The van der Waals surface area contributed by atoms with Crippen molar-refractivity contribution in [3.63, 3.8) is 0 Å². The Hall–Kier alpha value is -0.700. The third-order valence-electron chi connectivity index (χ3n) is 7.96. The Kier molecular flexibility index (Phi) is 3.15. The Morgan fingerprint density at radius 1 is 1.18 bits per heavy atom. The third-order valence-corrected chi connectivity index (χ3v) is 7.96. The maximum absolute atomic E-state index is 13.1. The molecule has 0 aromatic rings. The number of carbonyl (C=O) groups excluding carboxylic acids is 2. The number of fused-ring (bicyclic) bond motifs is 5. The fraction of sp³-hybridized carbons (Fsp3) is 0.895. The lowest BCUT2D eigenvalue weighted by Crippen LogP contribution is -2.60. The summed E-state index contributed by atoms with van der Waals surface area (Å²) in [6.07, 6.45) is 6.58. The van der Waals surface area contributed by atoms with E-state index >= 15 is 0 Å². The normalized spacial score (nSPS) is 54.6. The van der Waals surface area contributed by atoms with Gasteiger partial charge in [-0.15, -0.1) is 0 Å². The molecule has 4 saturated carbocycles. The van der Waals surface area contributed by atoms with Gasteiger partial charge in [-0.2, -0.15) is 0 Å². The fourth-order valence-corrected chi connectivity index (χ4v) is 6.82. The lowest BCUT2D eigenvalue weighted by molar-refractivity contribution is -0.176. The first-order chi connectivity index (χ1) is 10.3. The van der Waals surface area contributed by atoms with Crippen LogP contribution in [0.1, 0.15) is 65.2 Å². The highest BCUT2D eigenvalue weighted by atomic mass is 16.3. The molecule has 4 rings (SSSR count). The number of aliphatic hydroxyl groups excluding tert-OH is 1. The molecule has 122 valence electrons. The van der Waals surface area contributed by atoms with Gasteiger partial charge in [0, 0.05) is 25.2 Å². The first-order valence-electron chi connectivity index (χ1n) is 9.08. The molecule has 4 aliphatic carbocycles. The van der Waals surface area contributed by atoms with Crippen LogP contribution in [0.3, 0.4) is 0 Å². The first kappa shape index (κ1) is 14.9.